The summed E-state index contributed by atoms with van der Waals surface area (Å²) in [6, 6.07) is 14.8. The summed E-state index contributed by atoms with van der Waals surface area (Å²) in [5, 5.41) is 2.79. The van der Waals surface area contributed by atoms with Crippen molar-refractivity contribution in [3.05, 3.63) is 54.1 Å². The second-order valence-corrected chi connectivity index (χ2v) is 7.05. The van der Waals surface area contributed by atoms with Crippen molar-refractivity contribution in [3.63, 3.8) is 0 Å². The van der Waals surface area contributed by atoms with E-state index in [-0.39, 0.29) is 12.5 Å². The Bertz CT molecular complexity index is 821. The Kier molecular flexibility index (Phi) is 6.84. The van der Waals surface area contributed by atoms with E-state index in [1.54, 1.807) is 13.2 Å². The third kappa shape index (κ3) is 5.21. The minimum atomic E-state index is -0.231. The van der Waals surface area contributed by atoms with Gasteiger partial charge in [0.15, 0.2) is 18.1 Å². The maximum absolute atomic E-state index is 12.1. The number of hydrogen-bond acceptors (Lipinski definition) is 5. The lowest BCUT2D eigenvalue weighted by Gasteiger charge is -2.34. The van der Waals surface area contributed by atoms with Crippen molar-refractivity contribution in [2.45, 2.75) is 0 Å². The molecule has 3 rings (SSSR count). The minimum Gasteiger partial charge on any atom is -0.493 e. The fourth-order valence-corrected chi connectivity index (χ4v) is 3.28. The molecule has 1 heterocycles. The van der Waals surface area contributed by atoms with E-state index in [0.29, 0.717) is 11.5 Å². The van der Waals surface area contributed by atoms with E-state index in [4.69, 9.17) is 21.7 Å². The van der Waals surface area contributed by atoms with E-state index >= 15 is 0 Å². The van der Waals surface area contributed by atoms with Gasteiger partial charge in [-0.15, -0.1) is 0 Å². The number of thiocarbonyl (C=S) groups is 1. The molecule has 1 fully saturated rings. The van der Waals surface area contributed by atoms with E-state index in [9.17, 15) is 4.79 Å². The number of methoxy groups -OCH3 is 1. The summed E-state index contributed by atoms with van der Waals surface area (Å²) in [7, 11) is 3.69. The van der Waals surface area contributed by atoms with Crippen LogP contribution in [0.15, 0.2) is 48.5 Å². The minimum absolute atomic E-state index is 0.104. The fraction of sp³-hybridized carbons (Fsp3) is 0.333. The smallest absolute Gasteiger partial charge is 0.262 e. The molecular formula is C21H25N3O3S. The van der Waals surface area contributed by atoms with Gasteiger partial charge in [0, 0.05) is 37.4 Å². The first kappa shape index (κ1) is 20.1. The van der Waals surface area contributed by atoms with Crippen LogP contribution in [-0.2, 0) is 4.79 Å². The molecule has 6 nitrogen and oxygen atoms in total. The van der Waals surface area contributed by atoms with Crippen LogP contribution in [0.3, 0.4) is 0 Å². The number of rotatable bonds is 6. The Hall–Kier alpha value is -2.64. The maximum Gasteiger partial charge on any atom is 0.262 e. The lowest BCUT2D eigenvalue weighted by Crippen LogP contribution is -2.46. The molecular weight excluding hydrogens is 374 g/mol. The maximum atomic E-state index is 12.1. The number of likely N-dealkylation sites (N-methyl/N-ethyl adjacent to an activating group) is 1. The summed E-state index contributed by atoms with van der Waals surface area (Å²) in [4.78, 5) is 17.4. The molecule has 1 aliphatic heterocycles. The number of amides is 1. The van der Waals surface area contributed by atoms with Crippen molar-refractivity contribution in [2.24, 2.45) is 0 Å². The molecule has 1 N–H and O–H groups in total. The van der Waals surface area contributed by atoms with Gasteiger partial charge in [-0.3, -0.25) is 4.79 Å². The lowest BCUT2D eigenvalue weighted by atomic mass is 10.1. The average Bonchev–Trinajstić information content (AvgIpc) is 2.73. The van der Waals surface area contributed by atoms with Crippen LogP contribution in [0.5, 0.6) is 11.5 Å². The second kappa shape index (κ2) is 9.52. The molecule has 148 valence electrons. The first-order chi connectivity index (χ1) is 13.6. The largest absolute Gasteiger partial charge is 0.493 e. The van der Waals surface area contributed by atoms with Crippen LogP contribution in [-0.4, -0.2) is 67.6 Å². The standard InChI is InChI=1S/C21H25N3O3S/c1-23-10-12-24(13-11-23)21(28)16-8-9-18(19(14-16)26-2)27-15-20(25)22-17-6-4-3-5-7-17/h3-9,14H,10-13,15H2,1-2H3,(H,22,25). The number of hydrogen-bond donors (Lipinski definition) is 1. The summed E-state index contributed by atoms with van der Waals surface area (Å²) in [6.07, 6.45) is 0. The Labute approximate surface area is 171 Å². The predicted molar refractivity (Wildman–Crippen MR) is 114 cm³/mol. The van der Waals surface area contributed by atoms with Gasteiger partial charge < -0.3 is 24.6 Å². The number of nitrogens with one attached hydrogen (secondary N) is 1. The van der Waals surface area contributed by atoms with Crippen molar-refractivity contribution in [2.75, 3.05) is 52.3 Å². The van der Waals surface area contributed by atoms with Gasteiger partial charge in [0.1, 0.15) is 4.99 Å². The van der Waals surface area contributed by atoms with Crippen LogP contribution in [0.25, 0.3) is 0 Å². The summed E-state index contributed by atoms with van der Waals surface area (Å²) >= 11 is 5.66. The molecule has 1 aliphatic rings. The Morgan fingerprint density at radius 3 is 2.46 bits per heavy atom. The van der Waals surface area contributed by atoms with Crippen LogP contribution in [0.1, 0.15) is 5.56 Å². The highest BCUT2D eigenvalue weighted by Crippen LogP contribution is 2.29. The number of anilines is 1. The van der Waals surface area contributed by atoms with E-state index in [1.807, 2.05) is 42.5 Å². The van der Waals surface area contributed by atoms with Crippen molar-refractivity contribution in [3.8, 4) is 11.5 Å². The number of carbonyl (C=O) groups excluding carboxylic acids is 1. The molecule has 7 heteroatoms. The second-order valence-electron chi connectivity index (χ2n) is 6.66. The van der Waals surface area contributed by atoms with Gasteiger partial charge >= 0.3 is 0 Å². The molecule has 0 atom stereocenters. The number of nitrogens with zero attached hydrogens (tertiary/aromatic N) is 2. The van der Waals surface area contributed by atoms with Gasteiger partial charge in [0.05, 0.1) is 7.11 Å². The molecule has 1 saturated heterocycles. The molecule has 0 aliphatic carbocycles. The molecule has 0 radical (unpaired) electrons. The first-order valence-corrected chi connectivity index (χ1v) is 9.61. The number of benzene rings is 2. The highest BCUT2D eigenvalue weighted by Gasteiger charge is 2.19. The molecule has 1 amide bonds. The monoisotopic (exact) mass is 399 g/mol. The molecule has 28 heavy (non-hydrogen) atoms. The predicted octanol–water partition coefficient (Wildman–Crippen LogP) is 2.64. The van der Waals surface area contributed by atoms with Gasteiger partial charge in [0.2, 0.25) is 0 Å². The van der Waals surface area contributed by atoms with Crippen LogP contribution in [0, 0.1) is 0 Å². The summed E-state index contributed by atoms with van der Waals surface area (Å²) in [5.74, 6) is 0.836. The van der Waals surface area contributed by atoms with Gasteiger partial charge in [-0.05, 0) is 37.4 Å². The van der Waals surface area contributed by atoms with E-state index in [0.717, 1.165) is 42.4 Å². The van der Waals surface area contributed by atoms with Crippen molar-refractivity contribution in [1.82, 2.24) is 9.80 Å². The SMILES string of the molecule is COc1cc(C(=S)N2CCN(C)CC2)ccc1OCC(=O)Nc1ccccc1. The number of piperazine rings is 1. The Morgan fingerprint density at radius 2 is 1.79 bits per heavy atom. The molecule has 0 saturated carbocycles. The Morgan fingerprint density at radius 1 is 1.07 bits per heavy atom. The van der Waals surface area contributed by atoms with Gasteiger partial charge in [0.25, 0.3) is 5.91 Å². The van der Waals surface area contributed by atoms with Gasteiger partial charge in [-0.25, -0.2) is 0 Å². The molecule has 2 aromatic rings. The highest BCUT2D eigenvalue weighted by atomic mass is 32.1. The first-order valence-electron chi connectivity index (χ1n) is 9.20. The number of ether oxygens (including phenoxy) is 2. The summed E-state index contributed by atoms with van der Waals surface area (Å²) in [5.41, 5.74) is 1.65. The zero-order chi connectivity index (χ0) is 19.9. The van der Waals surface area contributed by atoms with E-state index < -0.39 is 0 Å². The van der Waals surface area contributed by atoms with Crippen molar-refractivity contribution in [1.29, 1.82) is 0 Å². The third-order valence-corrected chi connectivity index (χ3v) is 5.11. The molecule has 2 aromatic carbocycles. The molecule has 0 spiro atoms. The zero-order valence-corrected chi connectivity index (χ0v) is 17.0. The lowest BCUT2D eigenvalue weighted by molar-refractivity contribution is -0.118. The fourth-order valence-electron chi connectivity index (χ4n) is 2.97. The van der Waals surface area contributed by atoms with Gasteiger partial charge in [-0.1, -0.05) is 30.4 Å². The Balaban J connectivity index is 1.61. The van der Waals surface area contributed by atoms with Crippen molar-refractivity contribution >= 4 is 28.8 Å². The normalized spacial score (nSPS) is 14.4. The molecule has 0 aromatic heterocycles. The quantitative estimate of drug-likeness (QED) is 0.754. The summed E-state index contributed by atoms with van der Waals surface area (Å²) < 4.78 is 11.1. The number of para-hydroxylation sites is 1. The van der Waals surface area contributed by atoms with Crippen molar-refractivity contribution < 1.29 is 14.3 Å². The van der Waals surface area contributed by atoms with Crippen LogP contribution in [0.2, 0.25) is 0 Å². The zero-order valence-electron chi connectivity index (χ0n) is 16.2. The van der Waals surface area contributed by atoms with Gasteiger partial charge in [-0.2, -0.15) is 0 Å². The molecule has 0 unspecified atom stereocenters. The number of carbonyl (C=O) groups is 1. The van der Waals surface area contributed by atoms with Crippen LogP contribution >= 0.6 is 12.2 Å². The van der Waals surface area contributed by atoms with E-state index in [1.165, 1.54) is 0 Å². The van der Waals surface area contributed by atoms with E-state index in [2.05, 4.69) is 22.2 Å². The molecule has 0 bridgehead atoms. The summed E-state index contributed by atoms with van der Waals surface area (Å²) in [6.45, 7) is 3.71. The highest BCUT2D eigenvalue weighted by molar-refractivity contribution is 7.80. The van der Waals surface area contributed by atoms with Crippen LogP contribution in [0.4, 0.5) is 5.69 Å². The average molecular weight is 400 g/mol. The van der Waals surface area contributed by atoms with Crippen LogP contribution < -0.4 is 14.8 Å². The third-order valence-electron chi connectivity index (χ3n) is 4.62. The topological polar surface area (TPSA) is 54.0 Å².